The number of hydrogen-bond acceptors (Lipinski definition) is 3. The zero-order valence-corrected chi connectivity index (χ0v) is 7.29. The van der Waals surface area contributed by atoms with Gasteiger partial charge in [0.05, 0.1) is 0 Å². The van der Waals surface area contributed by atoms with E-state index < -0.39 is 0 Å². The van der Waals surface area contributed by atoms with Gasteiger partial charge in [-0.3, -0.25) is 5.41 Å². The van der Waals surface area contributed by atoms with Gasteiger partial charge >= 0.3 is 0 Å². The van der Waals surface area contributed by atoms with Gasteiger partial charge < -0.3 is 16.2 Å². The lowest BCUT2D eigenvalue weighted by atomic mass is 10.2. The molecule has 0 bridgehead atoms. The van der Waals surface area contributed by atoms with Gasteiger partial charge in [0.2, 0.25) is 0 Å². The summed E-state index contributed by atoms with van der Waals surface area (Å²) in [6, 6.07) is 7.03. The first kappa shape index (κ1) is 9.54. The molecule has 0 aliphatic rings. The summed E-state index contributed by atoms with van der Waals surface area (Å²) in [5.74, 6) is 0.806. The third-order valence-corrected chi connectivity index (χ3v) is 1.55. The topological polar surface area (TPSA) is 85.1 Å². The van der Waals surface area contributed by atoms with Crippen molar-refractivity contribution in [3.63, 3.8) is 0 Å². The molecule has 0 aliphatic heterocycles. The molecule has 0 heterocycles. The molecule has 4 nitrogen and oxygen atoms in total. The van der Waals surface area contributed by atoms with E-state index in [1.165, 1.54) is 0 Å². The molecule has 0 amide bonds. The normalized spacial score (nSPS) is 9.62. The fourth-order valence-corrected chi connectivity index (χ4v) is 0.907. The first-order valence-corrected chi connectivity index (χ1v) is 4.01. The van der Waals surface area contributed by atoms with Gasteiger partial charge in [-0.25, -0.2) is 0 Å². The van der Waals surface area contributed by atoms with Gasteiger partial charge in [0.25, 0.3) is 0 Å². The molecule has 0 aliphatic carbocycles. The minimum atomic E-state index is 0.0605. The highest BCUT2D eigenvalue weighted by Gasteiger charge is 1.96. The van der Waals surface area contributed by atoms with E-state index in [9.17, 15) is 0 Å². The van der Waals surface area contributed by atoms with Crippen LogP contribution in [0.1, 0.15) is 5.56 Å². The predicted molar refractivity (Wildman–Crippen MR) is 52.0 cm³/mol. The van der Waals surface area contributed by atoms with Gasteiger partial charge in [-0.1, -0.05) is 0 Å². The van der Waals surface area contributed by atoms with Crippen molar-refractivity contribution >= 4 is 5.84 Å². The molecule has 0 fully saturated rings. The van der Waals surface area contributed by atoms with Crippen LogP contribution in [0.4, 0.5) is 0 Å². The van der Waals surface area contributed by atoms with Crippen LogP contribution in [0.25, 0.3) is 0 Å². The van der Waals surface area contributed by atoms with Crippen molar-refractivity contribution in [3.8, 4) is 5.75 Å². The molecular weight excluding hydrogens is 166 g/mol. The molecular formula is C9H13N3O. The number of nitrogen functional groups attached to an aromatic ring is 1. The Bertz CT molecular complexity index is 281. The highest BCUT2D eigenvalue weighted by atomic mass is 16.5. The Hall–Kier alpha value is -1.55. The maximum atomic E-state index is 7.16. The molecule has 1 aromatic carbocycles. The summed E-state index contributed by atoms with van der Waals surface area (Å²) in [6.45, 7) is 0.994. The van der Waals surface area contributed by atoms with Gasteiger partial charge in [-0.2, -0.15) is 0 Å². The lowest BCUT2D eigenvalue weighted by Crippen LogP contribution is -2.12. The van der Waals surface area contributed by atoms with Gasteiger partial charge in [0.1, 0.15) is 18.2 Å². The van der Waals surface area contributed by atoms with Gasteiger partial charge in [-0.15, -0.1) is 0 Å². The molecule has 1 aromatic rings. The van der Waals surface area contributed by atoms with Crippen molar-refractivity contribution < 1.29 is 4.74 Å². The van der Waals surface area contributed by atoms with Crippen molar-refractivity contribution in [1.29, 1.82) is 5.41 Å². The summed E-state index contributed by atoms with van der Waals surface area (Å²) in [4.78, 5) is 0. The van der Waals surface area contributed by atoms with Crippen LogP contribution in [0.3, 0.4) is 0 Å². The summed E-state index contributed by atoms with van der Waals surface area (Å²) in [6.07, 6.45) is 0. The largest absolute Gasteiger partial charge is 0.492 e. The Balaban J connectivity index is 2.64. The molecule has 1 rings (SSSR count). The molecule has 70 valence electrons. The highest BCUT2D eigenvalue weighted by molar-refractivity contribution is 5.94. The molecule has 5 N–H and O–H groups in total. The van der Waals surface area contributed by atoms with Crippen molar-refractivity contribution in [2.45, 2.75) is 0 Å². The van der Waals surface area contributed by atoms with Crippen molar-refractivity contribution in [2.24, 2.45) is 11.5 Å². The molecule has 0 atom stereocenters. The van der Waals surface area contributed by atoms with Crippen molar-refractivity contribution in [3.05, 3.63) is 29.8 Å². The molecule has 4 heteroatoms. The van der Waals surface area contributed by atoms with Crippen LogP contribution in [-0.4, -0.2) is 19.0 Å². The number of hydrogen-bond donors (Lipinski definition) is 3. The van der Waals surface area contributed by atoms with E-state index in [4.69, 9.17) is 21.6 Å². The summed E-state index contributed by atoms with van der Waals surface area (Å²) in [5, 5.41) is 7.16. The van der Waals surface area contributed by atoms with E-state index in [1.54, 1.807) is 24.3 Å². The van der Waals surface area contributed by atoms with Crippen LogP contribution in [0.2, 0.25) is 0 Å². The van der Waals surface area contributed by atoms with E-state index in [-0.39, 0.29) is 5.84 Å². The van der Waals surface area contributed by atoms with E-state index in [0.29, 0.717) is 18.7 Å². The number of benzene rings is 1. The van der Waals surface area contributed by atoms with E-state index in [0.717, 1.165) is 5.75 Å². The predicted octanol–water partition coefficient (Wildman–Crippen LogP) is 0.308. The first-order valence-electron chi connectivity index (χ1n) is 4.01. The zero-order valence-electron chi connectivity index (χ0n) is 7.29. The summed E-state index contributed by atoms with van der Waals surface area (Å²) in [5.41, 5.74) is 11.3. The highest BCUT2D eigenvalue weighted by Crippen LogP contribution is 2.11. The second-order valence-corrected chi connectivity index (χ2v) is 2.58. The number of rotatable bonds is 4. The number of nitrogens with one attached hydrogen (secondary N) is 1. The SMILES string of the molecule is N=C(N)c1ccc(OCCN)cc1. The molecule has 0 aromatic heterocycles. The lowest BCUT2D eigenvalue weighted by Gasteiger charge is -2.04. The molecule has 0 unspecified atom stereocenters. The van der Waals surface area contributed by atoms with Gasteiger partial charge in [-0.05, 0) is 24.3 Å². The van der Waals surface area contributed by atoms with Crippen LogP contribution < -0.4 is 16.2 Å². The average Bonchev–Trinajstić information content (AvgIpc) is 2.15. The second kappa shape index (κ2) is 4.47. The Morgan fingerprint density at radius 3 is 2.38 bits per heavy atom. The molecule has 0 saturated heterocycles. The summed E-state index contributed by atoms with van der Waals surface area (Å²) < 4.78 is 5.25. The minimum absolute atomic E-state index is 0.0605. The lowest BCUT2D eigenvalue weighted by molar-refractivity contribution is 0.328. The van der Waals surface area contributed by atoms with E-state index in [1.807, 2.05) is 0 Å². The Morgan fingerprint density at radius 1 is 1.31 bits per heavy atom. The van der Waals surface area contributed by atoms with E-state index in [2.05, 4.69) is 0 Å². The zero-order chi connectivity index (χ0) is 9.68. The van der Waals surface area contributed by atoms with E-state index >= 15 is 0 Å². The Labute approximate surface area is 77.0 Å². The number of ether oxygens (including phenoxy) is 1. The number of amidine groups is 1. The quantitative estimate of drug-likeness (QED) is 0.459. The second-order valence-electron chi connectivity index (χ2n) is 2.58. The fourth-order valence-electron chi connectivity index (χ4n) is 0.907. The third kappa shape index (κ3) is 2.76. The van der Waals surface area contributed by atoms with Crippen molar-refractivity contribution in [1.82, 2.24) is 0 Å². The van der Waals surface area contributed by atoms with Crippen LogP contribution in [0, 0.1) is 5.41 Å². The maximum absolute atomic E-state index is 7.16. The standard InChI is InChI=1S/C9H13N3O/c10-5-6-13-8-3-1-7(2-4-8)9(11)12/h1-4H,5-6,10H2,(H3,11,12). The van der Waals surface area contributed by atoms with Crippen LogP contribution >= 0.6 is 0 Å². The Kier molecular flexibility index (Phi) is 3.28. The van der Waals surface area contributed by atoms with Crippen LogP contribution in [0.15, 0.2) is 24.3 Å². The monoisotopic (exact) mass is 179 g/mol. The van der Waals surface area contributed by atoms with Gasteiger partial charge in [0, 0.05) is 12.1 Å². The third-order valence-electron chi connectivity index (χ3n) is 1.55. The molecule has 0 saturated carbocycles. The molecule has 13 heavy (non-hydrogen) atoms. The fraction of sp³-hybridized carbons (Fsp3) is 0.222. The van der Waals surface area contributed by atoms with Crippen LogP contribution in [0.5, 0.6) is 5.75 Å². The first-order chi connectivity index (χ1) is 6.24. The minimum Gasteiger partial charge on any atom is -0.492 e. The Morgan fingerprint density at radius 2 is 1.92 bits per heavy atom. The molecule has 0 radical (unpaired) electrons. The maximum Gasteiger partial charge on any atom is 0.122 e. The summed E-state index contributed by atoms with van der Waals surface area (Å²) >= 11 is 0. The summed E-state index contributed by atoms with van der Waals surface area (Å²) in [7, 11) is 0. The smallest absolute Gasteiger partial charge is 0.122 e. The molecule has 0 spiro atoms. The van der Waals surface area contributed by atoms with Crippen molar-refractivity contribution in [2.75, 3.05) is 13.2 Å². The number of nitrogens with two attached hydrogens (primary N) is 2. The van der Waals surface area contributed by atoms with Crippen LogP contribution in [-0.2, 0) is 0 Å². The van der Waals surface area contributed by atoms with Gasteiger partial charge in [0.15, 0.2) is 0 Å². The average molecular weight is 179 g/mol.